The van der Waals surface area contributed by atoms with Gasteiger partial charge in [0.05, 0.1) is 11.7 Å². The average molecular weight is 340 g/mol. The molecule has 1 aromatic carbocycles. The average Bonchev–Trinajstić information content (AvgIpc) is 3.12. The predicted octanol–water partition coefficient (Wildman–Crippen LogP) is 2.05. The SMILES string of the molecule is O=C(O)N[C@@H]1CN(Cc2csnn2)C[C@H]1c1ccc(F)c(F)c1. The molecule has 9 heteroatoms. The Kier molecular flexibility index (Phi) is 4.49. The minimum absolute atomic E-state index is 0.257. The summed E-state index contributed by atoms with van der Waals surface area (Å²) >= 11 is 1.25. The van der Waals surface area contributed by atoms with Gasteiger partial charge in [-0.15, -0.1) is 5.10 Å². The van der Waals surface area contributed by atoms with E-state index in [-0.39, 0.29) is 5.92 Å². The Labute approximate surface area is 134 Å². The van der Waals surface area contributed by atoms with Gasteiger partial charge in [0.1, 0.15) is 0 Å². The molecule has 2 N–H and O–H groups in total. The molecule has 1 aromatic heterocycles. The number of nitrogens with one attached hydrogen (secondary N) is 1. The summed E-state index contributed by atoms with van der Waals surface area (Å²) in [5.41, 5.74) is 1.37. The number of aromatic nitrogens is 2. The molecule has 0 spiro atoms. The van der Waals surface area contributed by atoms with Crippen LogP contribution in [-0.2, 0) is 6.54 Å². The third kappa shape index (κ3) is 3.62. The summed E-state index contributed by atoms with van der Waals surface area (Å²) in [5, 5.41) is 17.2. The van der Waals surface area contributed by atoms with E-state index in [2.05, 4.69) is 14.9 Å². The number of halogens is 2. The lowest BCUT2D eigenvalue weighted by Gasteiger charge is -2.18. The van der Waals surface area contributed by atoms with Gasteiger partial charge in [-0.2, -0.15) is 0 Å². The fraction of sp³-hybridized carbons (Fsp3) is 0.357. The highest BCUT2D eigenvalue weighted by atomic mass is 32.1. The fourth-order valence-electron chi connectivity index (χ4n) is 2.88. The van der Waals surface area contributed by atoms with E-state index in [9.17, 15) is 13.6 Å². The molecule has 0 bridgehead atoms. The van der Waals surface area contributed by atoms with Crippen LogP contribution in [-0.4, -0.2) is 44.8 Å². The molecule has 2 aromatic rings. The number of likely N-dealkylation sites (tertiary alicyclic amines) is 1. The second kappa shape index (κ2) is 6.55. The Bertz CT molecular complexity index is 698. The van der Waals surface area contributed by atoms with Crippen LogP contribution in [0.15, 0.2) is 23.6 Å². The molecule has 1 aliphatic rings. The van der Waals surface area contributed by atoms with Gasteiger partial charge < -0.3 is 10.4 Å². The topological polar surface area (TPSA) is 78.4 Å². The van der Waals surface area contributed by atoms with Gasteiger partial charge in [0.2, 0.25) is 0 Å². The third-order valence-corrected chi connectivity index (χ3v) is 4.42. The quantitative estimate of drug-likeness (QED) is 0.891. The zero-order chi connectivity index (χ0) is 16.4. The number of hydrogen-bond donors (Lipinski definition) is 2. The van der Waals surface area contributed by atoms with Gasteiger partial charge >= 0.3 is 6.09 Å². The zero-order valence-electron chi connectivity index (χ0n) is 11.9. The van der Waals surface area contributed by atoms with Crippen LogP contribution in [0, 0.1) is 11.6 Å². The van der Waals surface area contributed by atoms with Crippen LogP contribution in [0.1, 0.15) is 17.2 Å². The van der Waals surface area contributed by atoms with E-state index in [0.29, 0.717) is 25.2 Å². The van der Waals surface area contributed by atoms with Gasteiger partial charge in [0.25, 0.3) is 0 Å². The molecular weight excluding hydrogens is 326 g/mol. The van der Waals surface area contributed by atoms with Crippen molar-refractivity contribution in [1.82, 2.24) is 19.8 Å². The number of rotatable bonds is 4. The van der Waals surface area contributed by atoms with Crippen LogP contribution in [0.25, 0.3) is 0 Å². The van der Waals surface area contributed by atoms with Crippen LogP contribution in [0.3, 0.4) is 0 Å². The summed E-state index contributed by atoms with van der Waals surface area (Å²) in [6, 6.07) is 3.29. The maximum absolute atomic E-state index is 13.5. The first-order valence-electron chi connectivity index (χ1n) is 6.95. The Morgan fingerprint density at radius 3 is 2.87 bits per heavy atom. The summed E-state index contributed by atoms with van der Waals surface area (Å²) in [4.78, 5) is 13.0. The van der Waals surface area contributed by atoms with Crippen molar-refractivity contribution in [3.05, 3.63) is 46.5 Å². The smallest absolute Gasteiger partial charge is 0.404 e. The fourth-order valence-corrected chi connectivity index (χ4v) is 3.32. The highest BCUT2D eigenvalue weighted by Crippen LogP contribution is 2.29. The lowest BCUT2D eigenvalue weighted by atomic mass is 9.94. The lowest BCUT2D eigenvalue weighted by Crippen LogP contribution is -2.38. The number of amides is 1. The molecule has 1 saturated heterocycles. The van der Waals surface area contributed by atoms with Crippen molar-refractivity contribution in [2.24, 2.45) is 0 Å². The molecule has 1 amide bonds. The largest absolute Gasteiger partial charge is 0.465 e. The van der Waals surface area contributed by atoms with E-state index in [0.717, 1.165) is 17.8 Å². The van der Waals surface area contributed by atoms with Crippen LogP contribution in [0.5, 0.6) is 0 Å². The van der Waals surface area contributed by atoms with Gasteiger partial charge in [0.15, 0.2) is 11.6 Å². The Balaban J connectivity index is 1.80. The molecule has 2 heterocycles. The number of hydrogen-bond acceptors (Lipinski definition) is 5. The Hall–Kier alpha value is -2.13. The standard InChI is InChI=1S/C14H14F2N4O2S/c15-11-2-1-8(3-12(11)16)10-5-20(4-9-7-23-19-18-9)6-13(10)17-14(21)22/h1-3,7,10,13,17H,4-6H2,(H,21,22)/t10-,13+/m0/s1. The molecule has 122 valence electrons. The minimum atomic E-state index is -1.14. The highest BCUT2D eigenvalue weighted by Gasteiger charge is 2.35. The Morgan fingerprint density at radius 1 is 1.39 bits per heavy atom. The summed E-state index contributed by atoms with van der Waals surface area (Å²) in [5.74, 6) is -2.11. The van der Waals surface area contributed by atoms with Gasteiger partial charge in [-0.3, -0.25) is 4.90 Å². The second-order valence-corrected chi connectivity index (χ2v) is 6.04. The van der Waals surface area contributed by atoms with E-state index in [1.54, 1.807) is 0 Å². The maximum Gasteiger partial charge on any atom is 0.404 e. The van der Waals surface area contributed by atoms with Crippen molar-refractivity contribution >= 4 is 17.6 Å². The molecular formula is C14H14F2N4O2S. The van der Waals surface area contributed by atoms with Gasteiger partial charge in [-0.05, 0) is 29.2 Å². The monoisotopic (exact) mass is 340 g/mol. The first kappa shape index (κ1) is 15.8. The predicted molar refractivity (Wildman–Crippen MR) is 79.2 cm³/mol. The molecule has 0 saturated carbocycles. The summed E-state index contributed by atoms with van der Waals surface area (Å²) in [6.45, 7) is 1.52. The molecule has 23 heavy (non-hydrogen) atoms. The summed E-state index contributed by atoms with van der Waals surface area (Å²) in [7, 11) is 0. The van der Waals surface area contributed by atoms with Crippen LogP contribution in [0.2, 0.25) is 0 Å². The molecule has 2 atom stereocenters. The van der Waals surface area contributed by atoms with Crippen molar-refractivity contribution in [2.75, 3.05) is 13.1 Å². The number of carbonyl (C=O) groups is 1. The maximum atomic E-state index is 13.5. The van der Waals surface area contributed by atoms with E-state index in [4.69, 9.17) is 5.11 Å². The van der Waals surface area contributed by atoms with E-state index >= 15 is 0 Å². The highest BCUT2D eigenvalue weighted by molar-refractivity contribution is 7.03. The Morgan fingerprint density at radius 2 is 2.22 bits per heavy atom. The summed E-state index contributed by atoms with van der Waals surface area (Å²) < 4.78 is 30.4. The molecule has 3 rings (SSSR count). The number of carboxylic acid groups (broad SMARTS) is 1. The number of nitrogens with zero attached hydrogens (tertiary/aromatic N) is 3. The van der Waals surface area contributed by atoms with Gasteiger partial charge in [0, 0.05) is 30.9 Å². The molecule has 1 fully saturated rings. The molecule has 6 nitrogen and oxygen atoms in total. The molecule has 0 aliphatic carbocycles. The molecule has 0 unspecified atom stereocenters. The summed E-state index contributed by atoms with van der Waals surface area (Å²) in [6.07, 6.45) is -1.14. The van der Waals surface area contributed by atoms with Crippen molar-refractivity contribution in [3.8, 4) is 0 Å². The van der Waals surface area contributed by atoms with Crippen molar-refractivity contribution in [1.29, 1.82) is 0 Å². The first-order chi connectivity index (χ1) is 11.0. The van der Waals surface area contributed by atoms with E-state index < -0.39 is 23.8 Å². The third-order valence-electron chi connectivity index (χ3n) is 3.87. The zero-order valence-corrected chi connectivity index (χ0v) is 12.8. The van der Waals surface area contributed by atoms with Crippen molar-refractivity contribution in [2.45, 2.75) is 18.5 Å². The lowest BCUT2D eigenvalue weighted by molar-refractivity contribution is 0.188. The number of benzene rings is 1. The van der Waals surface area contributed by atoms with Crippen molar-refractivity contribution < 1.29 is 18.7 Å². The van der Waals surface area contributed by atoms with Gasteiger partial charge in [-0.1, -0.05) is 10.6 Å². The van der Waals surface area contributed by atoms with Crippen LogP contribution < -0.4 is 5.32 Å². The second-order valence-electron chi connectivity index (χ2n) is 5.43. The molecule has 0 radical (unpaired) electrons. The van der Waals surface area contributed by atoms with Gasteiger partial charge in [-0.25, -0.2) is 13.6 Å². The normalized spacial score (nSPS) is 21.5. The van der Waals surface area contributed by atoms with Crippen molar-refractivity contribution in [3.63, 3.8) is 0 Å². The first-order valence-corrected chi connectivity index (χ1v) is 7.79. The molecule has 1 aliphatic heterocycles. The van der Waals surface area contributed by atoms with Crippen LogP contribution >= 0.6 is 11.5 Å². The minimum Gasteiger partial charge on any atom is -0.465 e. The van der Waals surface area contributed by atoms with E-state index in [1.807, 2.05) is 10.3 Å². The van der Waals surface area contributed by atoms with Crippen LogP contribution in [0.4, 0.5) is 13.6 Å². The van der Waals surface area contributed by atoms with E-state index in [1.165, 1.54) is 17.6 Å².